The van der Waals surface area contributed by atoms with Crippen molar-refractivity contribution in [3.05, 3.63) is 47.3 Å². The summed E-state index contributed by atoms with van der Waals surface area (Å²) in [5.41, 5.74) is -1.24. The summed E-state index contributed by atoms with van der Waals surface area (Å²) in [6, 6.07) is 13.7. The van der Waals surface area contributed by atoms with Crippen molar-refractivity contribution in [1.82, 2.24) is 10.2 Å². The fourth-order valence-electron chi connectivity index (χ4n) is 9.19. The molecule has 1 aromatic carbocycles. The Bertz CT molecular complexity index is 1750. The zero-order valence-corrected chi connectivity index (χ0v) is 35.0. The quantitative estimate of drug-likeness (QED) is 0.175. The van der Waals surface area contributed by atoms with Crippen LogP contribution in [0.15, 0.2) is 42.5 Å². The SMILES string of the molecule is CC[C@H]1OC(=O)[C@H](C)C(=O)[C@H](C)[C@@H](CC2C[C@@H](N(C)C)C[C@@H](C)O2)[C@@](C)(OCC#Cc2ccc(-c3ccccc3)s2)C[C@@H](C)C(=O)[C@H](C)C2NC(=O)O[C@@]21C. The predicted molar refractivity (Wildman–Crippen MR) is 213 cm³/mol. The number of hydrogen-bond donors (Lipinski definition) is 1. The number of Topliss-reactive ketones (excluding diaryl/α,β-unsaturated/α-hetero) is 2. The summed E-state index contributed by atoms with van der Waals surface area (Å²) in [7, 11) is 4.15. The van der Waals surface area contributed by atoms with Crippen LogP contribution in [-0.2, 0) is 33.3 Å². The van der Waals surface area contributed by atoms with E-state index in [1.807, 2.05) is 52.0 Å². The van der Waals surface area contributed by atoms with Gasteiger partial charge in [-0.05, 0) is 97.5 Å². The van der Waals surface area contributed by atoms with Gasteiger partial charge in [0.15, 0.2) is 5.60 Å². The van der Waals surface area contributed by atoms with E-state index >= 15 is 0 Å². The molecule has 5 rings (SSSR count). The number of benzene rings is 1. The van der Waals surface area contributed by atoms with Crippen LogP contribution in [0.5, 0.6) is 0 Å². The molecule has 55 heavy (non-hydrogen) atoms. The molecule has 0 radical (unpaired) electrons. The van der Waals surface area contributed by atoms with Gasteiger partial charge >= 0.3 is 12.1 Å². The highest BCUT2D eigenvalue weighted by Gasteiger charge is 2.57. The van der Waals surface area contributed by atoms with Crippen LogP contribution in [0.3, 0.4) is 0 Å². The van der Waals surface area contributed by atoms with Gasteiger partial charge in [0.25, 0.3) is 0 Å². The molecule has 3 aliphatic rings. The van der Waals surface area contributed by atoms with Crippen molar-refractivity contribution in [3.63, 3.8) is 0 Å². The zero-order valence-electron chi connectivity index (χ0n) is 34.2. The number of nitrogens with zero attached hydrogens (tertiary/aromatic N) is 1. The van der Waals surface area contributed by atoms with Crippen LogP contribution in [0.2, 0.25) is 0 Å². The molecule has 0 aliphatic carbocycles. The third kappa shape index (κ3) is 9.53. The summed E-state index contributed by atoms with van der Waals surface area (Å²) in [5, 5.41) is 2.84. The molecule has 12 atom stereocenters. The molecule has 10 nitrogen and oxygen atoms in total. The first-order valence-electron chi connectivity index (χ1n) is 19.8. The Morgan fingerprint density at radius 2 is 1.65 bits per heavy atom. The van der Waals surface area contributed by atoms with E-state index in [-0.39, 0.29) is 36.8 Å². The number of cyclic esters (lactones) is 1. The number of amides is 1. The Labute approximate surface area is 331 Å². The Kier molecular flexibility index (Phi) is 13.7. The van der Waals surface area contributed by atoms with Gasteiger partial charge in [-0.1, -0.05) is 69.9 Å². The number of rotatable bonds is 7. The number of thiophene rings is 1. The van der Waals surface area contributed by atoms with Crippen molar-refractivity contribution in [2.45, 2.75) is 129 Å². The van der Waals surface area contributed by atoms with Gasteiger partial charge in [0, 0.05) is 28.7 Å². The van der Waals surface area contributed by atoms with Crippen LogP contribution >= 0.6 is 11.3 Å². The monoisotopic (exact) mass is 776 g/mol. The van der Waals surface area contributed by atoms with Crippen LogP contribution in [-0.4, -0.2) is 90.8 Å². The fourth-order valence-corrected chi connectivity index (χ4v) is 10.1. The number of alkyl carbamates (subject to hydrolysis) is 1. The van der Waals surface area contributed by atoms with E-state index in [2.05, 4.69) is 61.3 Å². The highest BCUT2D eigenvalue weighted by Crippen LogP contribution is 2.43. The largest absolute Gasteiger partial charge is 0.458 e. The van der Waals surface area contributed by atoms with Crippen LogP contribution in [0.4, 0.5) is 4.79 Å². The molecule has 3 aliphatic heterocycles. The summed E-state index contributed by atoms with van der Waals surface area (Å²) in [4.78, 5) is 59.8. The first kappa shape index (κ1) is 42.6. The van der Waals surface area contributed by atoms with E-state index in [1.165, 1.54) is 0 Å². The second-order valence-electron chi connectivity index (χ2n) is 16.7. The smallest absolute Gasteiger partial charge is 0.408 e. The van der Waals surface area contributed by atoms with E-state index in [4.69, 9.17) is 18.9 Å². The van der Waals surface area contributed by atoms with E-state index in [0.717, 1.165) is 28.2 Å². The normalized spacial score (nSPS) is 36.2. The lowest BCUT2D eigenvalue weighted by molar-refractivity contribution is -0.173. The molecule has 4 heterocycles. The maximum absolute atomic E-state index is 14.5. The maximum atomic E-state index is 14.5. The van der Waals surface area contributed by atoms with E-state index in [0.29, 0.717) is 18.9 Å². The third-order valence-electron chi connectivity index (χ3n) is 12.4. The van der Waals surface area contributed by atoms with E-state index < -0.39 is 65.0 Å². The molecule has 2 unspecified atom stereocenters. The minimum atomic E-state index is -1.33. The van der Waals surface area contributed by atoms with Crippen molar-refractivity contribution >= 4 is 35.0 Å². The molecule has 1 amide bonds. The molecule has 1 N–H and O–H groups in total. The van der Waals surface area contributed by atoms with Crippen LogP contribution in [0.25, 0.3) is 10.4 Å². The van der Waals surface area contributed by atoms with Crippen LogP contribution in [0.1, 0.15) is 92.4 Å². The average molecular weight is 777 g/mol. The highest BCUT2D eigenvalue weighted by atomic mass is 32.1. The van der Waals surface area contributed by atoms with Crippen molar-refractivity contribution < 1.29 is 38.1 Å². The van der Waals surface area contributed by atoms with Crippen molar-refractivity contribution in [1.29, 1.82) is 0 Å². The van der Waals surface area contributed by atoms with Gasteiger partial charge in [-0.15, -0.1) is 11.3 Å². The van der Waals surface area contributed by atoms with Gasteiger partial charge in [0.1, 0.15) is 30.2 Å². The van der Waals surface area contributed by atoms with Gasteiger partial charge in [-0.3, -0.25) is 14.4 Å². The number of ketones is 2. The molecule has 2 aromatic rings. The second kappa shape index (κ2) is 17.7. The average Bonchev–Trinajstić information content (AvgIpc) is 3.76. The summed E-state index contributed by atoms with van der Waals surface area (Å²) in [6.45, 7) is 14.7. The molecule has 0 bridgehead atoms. The molecule has 3 saturated heterocycles. The Balaban J connectivity index is 1.53. The molecular weight excluding hydrogens is 717 g/mol. The Hall–Kier alpha value is -3.56. The van der Waals surface area contributed by atoms with Gasteiger partial charge in [-0.25, -0.2) is 4.79 Å². The van der Waals surface area contributed by atoms with Crippen molar-refractivity contribution in [3.8, 4) is 22.3 Å². The summed E-state index contributed by atoms with van der Waals surface area (Å²) in [6.07, 6.45) is 1.03. The zero-order chi connectivity index (χ0) is 40.2. The lowest BCUT2D eigenvalue weighted by Crippen LogP contribution is -2.57. The minimum absolute atomic E-state index is 0.0136. The number of carbonyl (C=O) groups excluding carboxylic acids is 4. The topological polar surface area (TPSA) is 120 Å². The molecule has 0 spiro atoms. The summed E-state index contributed by atoms with van der Waals surface area (Å²) >= 11 is 1.60. The number of fused-ring (bicyclic) bond motifs is 1. The number of ether oxygens (including phenoxy) is 4. The molecular formula is C44H60N2O8S. The lowest BCUT2D eigenvalue weighted by Gasteiger charge is -2.46. The minimum Gasteiger partial charge on any atom is -0.458 e. The van der Waals surface area contributed by atoms with Gasteiger partial charge in [0.2, 0.25) is 0 Å². The van der Waals surface area contributed by atoms with Gasteiger partial charge in [0.05, 0.1) is 28.7 Å². The molecule has 3 fully saturated rings. The first-order chi connectivity index (χ1) is 26.0. The van der Waals surface area contributed by atoms with Gasteiger partial charge < -0.3 is 29.2 Å². The van der Waals surface area contributed by atoms with Crippen molar-refractivity contribution in [2.75, 3.05) is 20.7 Å². The predicted octanol–water partition coefficient (Wildman–Crippen LogP) is 7.32. The van der Waals surface area contributed by atoms with E-state index in [9.17, 15) is 19.2 Å². The van der Waals surface area contributed by atoms with Gasteiger partial charge in [-0.2, -0.15) is 0 Å². The van der Waals surface area contributed by atoms with Crippen LogP contribution < -0.4 is 5.32 Å². The standard InChI is InChI=1S/C44H60N2O8S/c1-11-37-44(8)40(45-42(50)54-44)29(5)38(47)26(2)25-43(7,51-21-15-18-34-19-20-36(55-34)31-16-13-12-14-17-31)35(28(4)39(48)30(6)41(49)53-37)24-33-23-32(46(9)10)22-27(3)52-33/h12-14,16-17,19-20,26-30,32-33,35,37,40H,11,21-25H2,1-10H3,(H,45,50)/t26-,27-,28-,29+,30-,32+,33?,35-,37-,40?,43+,44-/m1/s1. The fraction of sp³-hybridized carbons (Fsp3) is 0.636. The highest BCUT2D eigenvalue weighted by molar-refractivity contribution is 7.16. The molecule has 1 aromatic heterocycles. The maximum Gasteiger partial charge on any atom is 0.408 e. The number of carbonyl (C=O) groups is 4. The molecule has 11 heteroatoms. The van der Waals surface area contributed by atoms with Crippen molar-refractivity contribution in [2.24, 2.45) is 29.6 Å². The number of hydrogen-bond acceptors (Lipinski definition) is 10. The van der Waals surface area contributed by atoms with E-state index in [1.54, 1.807) is 32.1 Å². The molecule has 0 saturated carbocycles. The number of esters is 1. The second-order valence-corrected chi connectivity index (χ2v) is 17.8. The lowest BCUT2D eigenvalue weighted by atomic mass is 9.68. The van der Waals surface area contributed by atoms with Crippen LogP contribution in [0, 0.1) is 41.4 Å². The Morgan fingerprint density at radius 3 is 2.33 bits per heavy atom. The third-order valence-corrected chi connectivity index (χ3v) is 13.4. The molecule has 300 valence electrons. The summed E-state index contributed by atoms with van der Waals surface area (Å²) < 4.78 is 25.2. The number of nitrogens with one attached hydrogen (secondary N) is 1. The Morgan fingerprint density at radius 1 is 0.945 bits per heavy atom. The summed E-state index contributed by atoms with van der Waals surface area (Å²) in [5.74, 6) is 2.00. The first-order valence-corrected chi connectivity index (χ1v) is 20.7.